The van der Waals surface area contributed by atoms with E-state index in [1.54, 1.807) is 0 Å². The van der Waals surface area contributed by atoms with Gasteiger partial charge in [0, 0.05) is 0 Å². The first-order valence-electron chi connectivity index (χ1n) is 6.76. The third-order valence-electron chi connectivity index (χ3n) is 2.93. The minimum Gasteiger partial charge on any atom is -0.488 e. The quantitative estimate of drug-likeness (QED) is 0.915. The molecule has 1 aliphatic heterocycles. The number of carbonyl (C=O) groups excluding carboxylic acids is 1. The molecule has 6 heteroatoms. The molecule has 1 aromatic carbocycles. The minimum absolute atomic E-state index is 0.123. The SMILES string of the molecule is CC(CNC(=O)N1CCCCO1)Oc1ccccc1Br. The van der Waals surface area contributed by atoms with E-state index in [-0.39, 0.29) is 12.1 Å². The van der Waals surface area contributed by atoms with Gasteiger partial charge in [-0.1, -0.05) is 12.1 Å². The summed E-state index contributed by atoms with van der Waals surface area (Å²) < 4.78 is 6.66. The molecule has 2 rings (SSSR count). The predicted octanol–water partition coefficient (Wildman–Crippen LogP) is 2.95. The number of hydrogen-bond acceptors (Lipinski definition) is 3. The third kappa shape index (κ3) is 4.38. The maximum atomic E-state index is 11.8. The van der Waals surface area contributed by atoms with Crippen LogP contribution in [-0.4, -0.2) is 36.9 Å². The number of urea groups is 1. The normalized spacial score (nSPS) is 16.6. The number of rotatable bonds is 4. The maximum absolute atomic E-state index is 11.8. The Kier molecular flexibility index (Phi) is 5.67. The summed E-state index contributed by atoms with van der Waals surface area (Å²) in [6.07, 6.45) is 1.87. The number of nitrogens with one attached hydrogen (secondary N) is 1. The van der Waals surface area contributed by atoms with Gasteiger partial charge in [-0.2, -0.15) is 0 Å². The number of hydroxylamine groups is 2. The van der Waals surface area contributed by atoms with Crippen LogP contribution in [0.1, 0.15) is 19.8 Å². The van der Waals surface area contributed by atoms with E-state index in [4.69, 9.17) is 9.57 Å². The molecule has 5 nitrogen and oxygen atoms in total. The Bertz CT molecular complexity index is 450. The van der Waals surface area contributed by atoms with Crippen LogP contribution in [-0.2, 0) is 4.84 Å². The molecule has 1 saturated heterocycles. The molecule has 0 spiro atoms. The van der Waals surface area contributed by atoms with Crippen LogP contribution in [0.5, 0.6) is 5.75 Å². The summed E-state index contributed by atoms with van der Waals surface area (Å²) in [6.45, 7) is 3.60. The molecule has 0 saturated carbocycles. The molecule has 110 valence electrons. The lowest BCUT2D eigenvalue weighted by molar-refractivity contribution is -0.139. The Morgan fingerprint density at radius 1 is 1.50 bits per heavy atom. The van der Waals surface area contributed by atoms with Crippen LogP contribution in [0.4, 0.5) is 4.79 Å². The van der Waals surface area contributed by atoms with Crippen molar-refractivity contribution in [1.29, 1.82) is 0 Å². The Labute approximate surface area is 127 Å². The van der Waals surface area contributed by atoms with Gasteiger partial charge in [0.15, 0.2) is 0 Å². The molecule has 1 fully saturated rings. The molecule has 1 atom stereocenters. The first-order chi connectivity index (χ1) is 9.66. The number of carbonyl (C=O) groups is 1. The second-order valence-electron chi connectivity index (χ2n) is 4.69. The zero-order valence-electron chi connectivity index (χ0n) is 11.5. The lowest BCUT2D eigenvalue weighted by atomic mass is 10.3. The summed E-state index contributed by atoms with van der Waals surface area (Å²) in [5.74, 6) is 0.767. The van der Waals surface area contributed by atoms with Gasteiger partial charge in [0.1, 0.15) is 11.9 Å². The highest BCUT2D eigenvalue weighted by atomic mass is 79.9. The van der Waals surface area contributed by atoms with Crippen molar-refractivity contribution in [3.05, 3.63) is 28.7 Å². The zero-order valence-corrected chi connectivity index (χ0v) is 13.1. The second-order valence-corrected chi connectivity index (χ2v) is 5.54. The zero-order chi connectivity index (χ0) is 14.4. The van der Waals surface area contributed by atoms with Crippen LogP contribution in [0.25, 0.3) is 0 Å². The molecule has 20 heavy (non-hydrogen) atoms. The molecule has 2 amide bonds. The predicted molar refractivity (Wildman–Crippen MR) is 79.5 cm³/mol. The molecule has 0 aromatic heterocycles. The Hall–Kier alpha value is -1.27. The highest BCUT2D eigenvalue weighted by molar-refractivity contribution is 9.10. The maximum Gasteiger partial charge on any atom is 0.341 e. The number of para-hydroxylation sites is 1. The van der Waals surface area contributed by atoms with E-state index in [9.17, 15) is 4.79 Å². The topological polar surface area (TPSA) is 50.8 Å². The monoisotopic (exact) mass is 342 g/mol. The number of benzene rings is 1. The number of amides is 2. The van der Waals surface area contributed by atoms with Crippen molar-refractivity contribution < 1.29 is 14.4 Å². The standard InChI is InChI=1S/C14H19BrN2O3/c1-11(20-13-7-3-2-6-12(13)15)10-16-14(18)17-8-4-5-9-19-17/h2-3,6-7,11H,4-5,8-10H2,1H3,(H,16,18). The molecule has 1 aromatic rings. The van der Waals surface area contributed by atoms with Crippen molar-refractivity contribution >= 4 is 22.0 Å². The molecule has 0 bridgehead atoms. The van der Waals surface area contributed by atoms with Gasteiger partial charge in [0.2, 0.25) is 0 Å². The van der Waals surface area contributed by atoms with Crippen molar-refractivity contribution in [2.75, 3.05) is 19.7 Å². The second kappa shape index (κ2) is 7.50. The van der Waals surface area contributed by atoms with Crippen LogP contribution < -0.4 is 10.1 Å². The lowest BCUT2D eigenvalue weighted by Crippen LogP contribution is -2.45. The van der Waals surface area contributed by atoms with Crippen molar-refractivity contribution in [2.45, 2.75) is 25.9 Å². The Morgan fingerprint density at radius 3 is 3.00 bits per heavy atom. The fourth-order valence-corrected chi connectivity index (χ4v) is 2.25. The van der Waals surface area contributed by atoms with Crippen LogP contribution in [0.3, 0.4) is 0 Å². The first kappa shape index (κ1) is 15.1. The van der Waals surface area contributed by atoms with E-state index < -0.39 is 0 Å². The van der Waals surface area contributed by atoms with Gasteiger partial charge in [0.05, 0.1) is 24.2 Å². The van der Waals surface area contributed by atoms with Gasteiger partial charge in [-0.25, -0.2) is 9.86 Å². The van der Waals surface area contributed by atoms with E-state index in [1.165, 1.54) is 5.06 Å². The smallest absolute Gasteiger partial charge is 0.341 e. The Balaban J connectivity index is 1.76. The average molecular weight is 343 g/mol. The molecule has 0 radical (unpaired) electrons. The highest BCUT2D eigenvalue weighted by Crippen LogP contribution is 2.24. The van der Waals surface area contributed by atoms with Gasteiger partial charge in [-0.05, 0) is 47.8 Å². The van der Waals surface area contributed by atoms with Crippen LogP contribution in [0.2, 0.25) is 0 Å². The lowest BCUT2D eigenvalue weighted by Gasteiger charge is -2.26. The minimum atomic E-state index is -0.202. The number of hydrogen-bond donors (Lipinski definition) is 1. The molecule has 1 heterocycles. The van der Waals surface area contributed by atoms with Gasteiger partial charge in [-0.3, -0.25) is 4.84 Å². The molecule has 0 aliphatic carbocycles. The molecular formula is C14H19BrN2O3. The van der Waals surface area contributed by atoms with Crippen molar-refractivity contribution in [1.82, 2.24) is 10.4 Å². The summed E-state index contributed by atoms with van der Waals surface area (Å²) in [5.41, 5.74) is 0. The van der Waals surface area contributed by atoms with Crippen molar-refractivity contribution in [2.24, 2.45) is 0 Å². The summed E-state index contributed by atoms with van der Waals surface area (Å²) in [6, 6.07) is 7.44. The summed E-state index contributed by atoms with van der Waals surface area (Å²) in [5, 5.41) is 4.20. The van der Waals surface area contributed by atoms with Gasteiger partial charge in [0.25, 0.3) is 0 Å². The highest BCUT2D eigenvalue weighted by Gasteiger charge is 2.18. The third-order valence-corrected chi connectivity index (χ3v) is 3.59. The number of nitrogens with zero attached hydrogens (tertiary/aromatic N) is 1. The summed E-state index contributed by atoms with van der Waals surface area (Å²) in [4.78, 5) is 17.1. The average Bonchev–Trinajstić information content (AvgIpc) is 2.48. The van der Waals surface area contributed by atoms with Gasteiger partial charge < -0.3 is 10.1 Å². The fourth-order valence-electron chi connectivity index (χ4n) is 1.87. The number of ether oxygens (including phenoxy) is 1. The fraction of sp³-hybridized carbons (Fsp3) is 0.500. The van der Waals surface area contributed by atoms with Crippen LogP contribution in [0, 0.1) is 0 Å². The molecular weight excluding hydrogens is 324 g/mol. The van der Waals surface area contributed by atoms with E-state index in [0.717, 1.165) is 23.1 Å². The van der Waals surface area contributed by atoms with Gasteiger partial charge >= 0.3 is 6.03 Å². The van der Waals surface area contributed by atoms with Crippen LogP contribution >= 0.6 is 15.9 Å². The number of halogens is 1. The summed E-state index contributed by atoms with van der Waals surface area (Å²) >= 11 is 3.43. The van der Waals surface area contributed by atoms with E-state index >= 15 is 0 Å². The largest absolute Gasteiger partial charge is 0.488 e. The molecule has 1 N–H and O–H groups in total. The van der Waals surface area contributed by atoms with Crippen molar-refractivity contribution in [3.63, 3.8) is 0 Å². The van der Waals surface area contributed by atoms with E-state index in [0.29, 0.717) is 19.7 Å². The van der Waals surface area contributed by atoms with Crippen molar-refractivity contribution in [3.8, 4) is 5.75 Å². The molecule has 1 aliphatic rings. The van der Waals surface area contributed by atoms with Gasteiger partial charge in [-0.15, -0.1) is 0 Å². The first-order valence-corrected chi connectivity index (χ1v) is 7.55. The van der Waals surface area contributed by atoms with E-state index in [1.807, 2.05) is 31.2 Å². The Morgan fingerprint density at radius 2 is 2.30 bits per heavy atom. The summed E-state index contributed by atoms with van der Waals surface area (Å²) in [7, 11) is 0. The van der Waals surface area contributed by atoms with Crippen LogP contribution in [0.15, 0.2) is 28.7 Å². The van der Waals surface area contributed by atoms with E-state index in [2.05, 4.69) is 21.2 Å². The molecule has 1 unspecified atom stereocenters.